The summed E-state index contributed by atoms with van der Waals surface area (Å²) in [5.41, 5.74) is 0.511. The zero-order valence-electron chi connectivity index (χ0n) is 9.87. The van der Waals surface area contributed by atoms with Gasteiger partial charge >= 0.3 is 0 Å². The van der Waals surface area contributed by atoms with E-state index >= 15 is 0 Å². The summed E-state index contributed by atoms with van der Waals surface area (Å²) in [6.07, 6.45) is 0.836. The molecule has 18 heavy (non-hydrogen) atoms. The summed E-state index contributed by atoms with van der Waals surface area (Å²) >= 11 is 5.59. The Labute approximate surface area is 111 Å². The van der Waals surface area contributed by atoms with Gasteiger partial charge in [0.15, 0.2) is 11.5 Å². The van der Waals surface area contributed by atoms with Crippen molar-refractivity contribution in [2.24, 2.45) is 0 Å². The summed E-state index contributed by atoms with van der Waals surface area (Å²) < 4.78 is 11.0. The summed E-state index contributed by atoms with van der Waals surface area (Å²) in [5, 5.41) is 3.04. The van der Waals surface area contributed by atoms with Gasteiger partial charge in [0.05, 0.1) is 19.8 Å². The Bertz CT molecular complexity index is 473. The second kappa shape index (κ2) is 5.78. The first kappa shape index (κ1) is 12.8. The fourth-order valence-electron chi connectivity index (χ4n) is 1.58. The molecule has 2 rings (SSSR count). The van der Waals surface area contributed by atoms with Crippen molar-refractivity contribution in [2.45, 2.75) is 6.42 Å². The lowest BCUT2D eigenvalue weighted by atomic mass is 10.2. The Morgan fingerprint density at radius 1 is 1.33 bits per heavy atom. The number of nitrogens with one attached hydrogen (secondary N) is 1. The van der Waals surface area contributed by atoms with Gasteiger partial charge in [0.25, 0.3) is 5.91 Å². The maximum absolute atomic E-state index is 11.8. The van der Waals surface area contributed by atoms with Crippen molar-refractivity contribution in [3.8, 4) is 11.5 Å². The first-order valence-corrected chi connectivity index (χ1v) is 6.06. The highest BCUT2D eigenvalue weighted by molar-refractivity contribution is 6.29. The van der Waals surface area contributed by atoms with Crippen LogP contribution >= 0.6 is 11.6 Å². The summed E-state index contributed by atoms with van der Waals surface area (Å²) in [7, 11) is 0. The number of rotatable bonds is 3. The van der Waals surface area contributed by atoms with E-state index in [1.807, 2.05) is 0 Å². The van der Waals surface area contributed by atoms with E-state index in [4.69, 9.17) is 21.1 Å². The molecule has 4 nitrogen and oxygen atoms in total. The number of ether oxygens (including phenoxy) is 2. The molecule has 5 heteroatoms. The van der Waals surface area contributed by atoms with E-state index in [-0.39, 0.29) is 12.5 Å². The predicted molar refractivity (Wildman–Crippen MR) is 69.4 cm³/mol. The Kier molecular flexibility index (Phi) is 4.10. The van der Waals surface area contributed by atoms with Gasteiger partial charge in [-0.2, -0.15) is 0 Å². The fraction of sp³-hybridized carbons (Fsp3) is 0.308. The van der Waals surface area contributed by atoms with E-state index in [0.29, 0.717) is 35.3 Å². The molecule has 1 aromatic carbocycles. The molecule has 0 atom stereocenters. The lowest BCUT2D eigenvalue weighted by Crippen LogP contribution is -2.24. The molecule has 0 bridgehead atoms. The van der Waals surface area contributed by atoms with E-state index in [2.05, 4.69) is 11.9 Å². The fourth-order valence-corrected chi connectivity index (χ4v) is 1.65. The predicted octanol–water partition coefficient (Wildman–Crippen LogP) is 2.33. The number of benzene rings is 1. The summed E-state index contributed by atoms with van der Waals surface area (Å²) in [6.45, 7) is 4.98. The van der Waals surface area contributed by atoms with Crippen LogP contribution in [0, 0.1) is 0 Å². The van der Waals surface area contributed by atoms with Crippen LogP contribution in [0.1, 0.15) is 16.8 Å². The number of hydrogen-bond donors (Lipinski definition) is 1. The topological polar surface area (TPSA) is 47.6 Å². The SMILES string of the molecule is C=C(Cl)CNC(=O)c1ccc2c(c1)OCCCO2. The highest BCUT2D eigenvalue weighted by Gasteiger charge is 2.13. The van der Waals surface area contributed by atoms with Gasteiger partial charge in [0.1, 0.15) is 0 Å². The normalized spacial score (nSPS) is 13.6. The molecule has 1 aliphatic heterocycles. The number of carbonyl (C=O) groups is 1. The van der Waals surface area contributed by atoms with Crippen molar-refractivity contribution < 1.29 is 14.3 Å². The van der Waals surface area contributed by atoms with Crippen molar-refractivity contribution in [3.63, 3.8) is 0 Å². The molecule has 0 unspecified atom stereocenters. The smallest absolute Gasteiger partial charge is 0.251 e. The van der Waals surface area contributed by atoms with E-state index in [9.17, 15) is 4.79 Å². The number of carbonyl (C=O) groups excluding carboxylic acids is 1. The highest BCUT2D eigenvalue weighted by atomic mass is 35.5. The number of fused-ring (bicyclic) bond motifs is 1. The number of hydrogen-bond acceptors (Lipinski definition) is 3. The monoisotopic (exact) mass is 267 g/mol. The van der Waals surface area contributed by atoms with Crippen LogP contribution in [0.15, 0.2) is 29.8 Å². The lowest BCUT2D eigenvalue weighted by molar-refractivity contribution is 0.0957. The van der Waals surface area contributed by atoms with Crippen LogP contribution in [0.3, 0.4) is 0 Å². The zero-order valence-corrected chi connectivity index (χ0v) is 10.6. The van der Waals surface area contributed by atoms with Crippen molar-refractivity contribution >= 4 is 17.5 Å². The van der Waals surface area contributed by atoms with Crippen molar-refractivity contribution in [1.82, 2.24) is 5.32 Å². The maximum Gasteiger partial charge on any atom is 0.251 e. The average Bonchev–Trinajstić information content (AvgIpc) is 2.60. The largest absolute Gasteiger partial charge is 0.490 e. The molecule has 0 fully saturated rings. The molecular formula is C13H14ClNO3. The van der Waals surface area contributed by atoms with Crippen LogP contribution in [-0.2, 0) is 0 Å². The molecule has 96 valence electrons. The molecule has 1 aromatic rings. The van der Waals surface area contributed by atoms with Crippen LogP contribution < -0.4 is 14.8 Å². The minimum atomic E-state index is -0.215. The van der Waals surface area contributed by atoms with E-state index in [1.165, 1.54) is 0 Å². The molecule has 1 heterocycles. The zero-order chi connectivity index (χ0) is 13.0. The van der Waals surface area contributed by atoms with Gasteiger partial charge in [-0.15, -0.1) is 0 Å². The van der Waals surface area contributed by atoms with Crippen LogP contribution in [0.2, 0.25) is 0 Å². The number of halogens is 1. The van der Waals surface area contributed by atoms with Gasteiger partial charge in [-0.3, -0.25) is 4.79 Å². The minimum Gasteiger partial charge on any atom is -0.490 e. The van der Waals surface area contributed by atoms with E-state index in [0.717, 1.165) is 6.42 Å². The Morgan fingerprint density at radius 3 is 2.78 bits per heavy atom. The third-order valence-corrected chi connectivity index (χ3v) is 2.58. The maximum atomic E-state index is 11.8. The molecule has 0 aliphatic carbocycles. The first-order chi connectivity index (χ1) is 8.66. The molecular weight excluding hydrogens is 254 g/mol. The van der Waals surface area contributed by atoms with Gasteiger partial charge in [-0.05, 0) is 18.2 Å². The van der Waals surface area contributed by atoms with Crippen LogP contribution in [0.25, 0.3) is 0 Å². The molecule has 0 spiro atoms. The second-order valence-electron chi connectivity index (χ2n) is 3.91. The van der Waals surface area contributed by atoms with Gasteiger partial charge in [0.2, 0.25) is 0 Å². The van der Waals surface area contributed by atoms with Crippen LogP contribution in [0.5, 0.6) is 11.5 Å². The Balaban J connectivity index is 2.12. The van der Waals surface area contributed by atoms with E-state index < -0.39 is 0 Å². The molecule has 0 saturated heterocycles. The summed E-state index contributed by atoms with van der Waals surface area (Å²) in [4.78, 5) is 11.8. The molecule has 0 saturated carbocycles. The summed E-state index contributed by atoms with van der Waals surface area (Å²) in [5.74, 6) is 1.06. The Morgan fingerprint density at radius 2 is 2.06 bits per heavy atom. The molecule has 0 aromatic heterocycles. The number of amides is 1. The van der Waals surface area contributed by atoms with Crippen molar-refractivity contribution in [1.29, 1.82) is 0 Å². The standard InChI is InChI=1S/C13H14ClNO3/c1-9(14)8-15-13(16)10-3-4-11-12(7-10)18-6-2-5-17-11/h3-4,7H,1-2,5-6,8H2,(H,15,16). The van der Waals surface area contributed by atoms with Gasteiger partial charge in [-0.1, -0.05) is 18.2 Å². The van der Waals surface area contributed by atoms with Crippen molar-refractivity contribution in [3.05, 3.63) is 35.4 Å². The highest BCUT2D eigenvalue weighted by Crippen LogP contribution is 2.30. The first-order valence-electron chi connectivity index (χ1n) is 5.68. The van der Waals surface area contributed by atoms with Crippen molar-refractivity contribution in [2.75, 3.05) is 19.8 Å². The van der Waals surface area contributed by atoms with Gasteiger partial charge < -0.3 is 14.8 Å². The van der Waals surface area contributed by atoms with E-state index in [1.54, 1.807) is 18.2 Å². The minimum absolute atomic E-state index is 0.215. The summed E-state index contributed by atoms with van der Waals surface area (Å²) in [6, 6.07) is 5.11. The molecule has 1 aliphatic rings. The van der Waals surface area contributed by atoms with Gasteiger partial charge in [0, 0.05) is 17.0 Å². The Hall–Kier alpha value is -1.68. The van der Waals surface area contributed by atoms with Crippen LogP contribution in [-0.4, -0.2) is 25.7 Å². The third-order valence-electron chi connectivity index (χ3n) is 2.45. The molecule has 1 amide bonds. The van der Waals surface area contributed by atoms with Gasteiger partial charge in [-0.25, -0.2) is 0 Å². The third kappa shape index (κ3) is 3.17. The van der Waals surface area contributed by atoms with Crippen LogP contribution in [0.4, 0.5) is 0 Å². The molecule has 0 radical (unpaired) electrons. The average molecular weight is 268 g/mol. The second-order valence-corrected chi connectivity index (χ2v) is 4.45. The lowest BCUT2D eigenvalue weighted by Gasteiger charge is -2.09. The molecule has 1 N–H and O–H groups in total. The quantitative estimate of drug-likeness (QED) is 0.914.